The number of nitrogens with two attached hydrogens (primary N) is 1. The number of ether oxygens (including phenoxy) is 1. The molecule has 0 aliphatic carbocycles. The molecule has 112 valence electrons. The third-order valence-electron chi connectivity index (χ3n) is 3.64. The van der Waals surface area contributed by atoms with E-state index in [-0.39, 0.29) is 6.04 Å². The summed E-state index contributed by atoms with van der Waals surface area (Å²) < 4.78 is 5.51. The summed E-state index contributed by atoms with van der Waals surface area (Å²) in [6, 6.07) is 0.283. The summed E-state index contributed by atoms with van der Waals surface area (Å²) in [5.41, 5.74) is 5.46. The first kappa shape index (κ1) is 16.4. The maximum Gasteiger partial charge on any atom is 0.222 e. The van der Waals surface area contributed by atoms with Gasteiger partial charge >= 0.3 is 0 Å². The second kappa shape index (κ2) is 9.32. The van der Waals surface area contributed by atoms with Crippen molar-refractivity contribution < 1.29 is 9.53 Å². The Bertz CT molecular complexity index is 257. The van der Waals surface area contributed by atoms with E-state index in [4.69, 9.17) is 10.5 Å². The molecule has 0 bridgehead atoms. The van der Waals surface area contributed by atoms with E-state index >= 15 is 0 Å². The summed E-state index contributed by atoms with van der Waals surface area (Å²) >= 11 is 0. The molecule has 4 nitrogen and oxygen atoms in total. The minimum Gasteiger partial charge on any atom is -0.377 e. The first-order valence-corrected chi connectivity index (χ1v) is 7.72. The van der Waals surface area contributed by atoms with Gasteiger partial charge < -0.3 is 15.4 Å². The third kappa shape index (κ3) is 6.39. The largest absolute Gasteiger partial charge is 0.377 e. The highest BCUT2D eigenvalue weighted by Crippen LogP contribution is 2.17. The SMILES string of the molecule is CC(C)CC1COCCN1C(=O)CCCCCCN. The number of rotatable bonds is 8. The fourth-order valence-electron chi connectivity index (χ4n) is 2.64. The minimum absolute atomic E-state index is 0.283. The molecule has 1 aliphatic rings. The van der Waals surface area contributed by atoms with Gasteiger partial charge in [0.1, 0.15) is 0 Å². The van der Waals surface area contributed by atoms with Crippen molar-refractivity contribution in [2.75, 3.05) is 26.3 Å². The first-order valence-electron chi connectivity index (χ1n) is 7.72. The van der Waals surface area contributed by atoms with Crippen molar-refractivity contribution in [3.63, 3.8) is 0 Å². The maximum atomic E-state index is 12.3. The number of nitrogens with zero attached hydrogens (tertiary/aromatic N) is 1. The summed E-state index contributed by atoms with van der Waals surface area (Å²) in [5, 5.41) is 0. The number of morpholine rings is 1. The number of hydrogen-bond acceptors (Lipinski definition) is 3. The molecule has 0 radical (unpaired) electrons. The molecule has 1 aliphatic heterocycles. The zero-order chi connectivity index (χ0) is 14.1. The summed E-state index contributed by atoms with van der Waals surface area (Å²) in [6.07, 6.45) is 6.04. The molecule has 1 unspecified atom stereocenters. The topological polar surface area (TPSA) is 55.6 Å². The van der Waals surface area contributed by atoms with Crippen molar-refractivity contribution in [3.8, 4) is 0 Å². The molecule has 0 spiro atoms. The van der Waals surface area contributed by atoms with Crippen LogP contribution in [0.2, 0.25) is 0 Å². The van der Waals surface area contributed by atoms with Gasteiger partial charge in [0.2, 0.25) is 5.91 Å². The van der Waals surface area contributed by atoms with Crippen LogP contribution in [0.15, 0.2) is 0 Å². The lowest BCUT2D eigenvalue weighted by Crippen LogP contribution is -2.49. The van der Waals surface area contributed by atoms with E-state index in [0.29, 0.717) is 31.5 Å². The normalized spacial score (nSPS) is 20.0. The lowest BCUT2D eigenvalue weighted by Gasteiger charge is -2.36. The highest BCUT2D eigenvalue weighted by Gasteiger charge is 2.27. The molecule has 1 fully saturated rings. The highest BCUT2D eigenvalue weighted by molar-refractivity contribution is 5.76. The number of carbonyl (C=O) groups is 1. The summed E-state index contributed by atoms with van der Waals surface area (Å²) in [4.78, 5) is 14.3. The minimum atomic E-state index is 0.283. The van der Waals surface area contributed by atoms with Gasteiger partial charge in [0.05, 0.1) is 19.3 Å². The van der Waals surface area contributed by atoms with Crippen molar-refractivity contribution in [3.05, 3.63) is 0 Å². The smallest absolute Gasteiger partial charge is 0.222 e. The zero-order valence-corrected chi connectivity index (χ0v) is 12.6. The van der Waals surface area contributed by atoms with Gasteiger partial charge in [0.25, 0.3) is 0 Å². The Labute approximate surface area is 117 Å². The molecule has 19 heavy (non-hydrogen) atoms. The lowest BCUT2D eigenvalue weighted by atomic mass is 10.0. The number of carbonyl (C=O) groups excluding carboxylic acids is 1. The van der Waals surface area contributed by atoms with Crippen LogP contribution in [0.1, 0.15) is 52.4 Å². The maximum absolute atomic E-state index is 12.3. The lowest BCUT2D eigenvalue weighted by molar-refractivity contribution is -0.140. The van der Waals surface area contributed by atoms with E-state index in [1.54, 1.807) is 0 Å². The first-order chi connectivity index (χ1) is 9.15. The molecule has 1 amide bonds. The Kier molecular flexibility index (Phi) is 8.07. The van der Waals surface area contributed by atoms with Crippen LogP contribution in [0.25, 0.3) is 0 Å². The number of amides is 1. The van der Waals surface area contributed by atoms with Crippen LogP contribution in [0.5, 0.6) is 0 Å². The third-order valence-corrected chi connectivity index (χ3v) is 3.64. The monoisotopic (exact) mass is 270 g/mol. The molecule has 1 atom stereocenters. The summed E-state index contributed by atoms with van der Waals surface area (Å²) in [5.74, 6) is 0.910. The number of hydrogen-bond donors (Lipinski definition) is 1. The molecule has 1 saturated heterocycles. The van der Waals surface area contributed by atoms with Crippen molar-refractivity contribution in [1.82, 2.24) is 4.90 Å². The van der Waals surface area contributed by atoms with Crippen LogP contribution in [0, 0.1) is 5.92 Å². The van der Waals surface area contributed by atoms with Crippen LogP contribution < -0.4 is 5.73 Å². The van der Waals surface area contributed by atoms with Crippen LogP contribution in [-0.2, 0) is 9.53 Å². The standard InChI is InChI=1S/C15H30N2O2/c1-13(2)11-14-12-19-10-9-17(14)15(18)7-5-3-4-6-8-16/h13-14H,3-12,16H2,1-2H3. The molecule has 0 saturated carbocycles. The van der Waals surface area contributed by atoms with Crippen LogP contribution in [0.4, 0.5) is 0 Å². The van der Waals surface area contributed by atoms with Crippen molar-refractivity contribution >= 4 is 5.91 Å². The van der Waals surface area contributed by atoms with Gasteiger partial charge in [0.15, 0.2) is 0 Å². The fraction of sp³-hybridized carbons (Fsp3) is 0.933. The predicted octanol–water partition coefficient (Wildman–Crippen LogP) is 2.17. The molecular weight excluding hydrogens is 240 g/mol. The van der Waals surface area contributed by atoms with Gasteiger partial charge in [-0.2, -0.15) is 0 Å². The van der Waals surface area contributed by atoms with E-state index in [0.717, 1.165) is 45.2 Å². The Morgan fingerprint density at radius 2 is 2.05 bits per heavy atom. The highest BCUT2D eigenvalue weighted by atomic mass is 16.5. The molecule has 0 aromatic rings. The molecule has 1 rings (SSSR count). The van der Waals surface area contributed by atoms with E-state index in [2.05, 4.69) is 13.8 Å². The van der Waals surface area contributed by atoms with Gasteiger partial charge in [-0.05, 0) is 31.7 Å². The summed E-state index contributed by atoms with van der Waals surface area (Å²) in [6.45, 7) is 7.31. The molecule has 4 heteroatoms. The van der Waals surface area contributed by atoms with Crippen molar-refractivity contribution in [1.29, 1.82) is 0 Å². The Morgan fingerprint density at radius 3 is 2.74 bits per heavy atom. The second-order valence-corrected chi connectivity index (χ2v) is 5.90. The van der Waals surface area contributed by atoms with Crippen LogP contribution in [0.3, 0.4) is 0 Å². The van der Waals surface area contributed by atoms with E-state index in [9.17, 15) is 4.79 Å². The van der Waals surface area contributed by atoms with Gasteiger partial charge in [-0.3, -0.25) is 4.79 Å². The van der Waals surface area contributed by atoms with Gasteiger partial charge in [-0.1, -0.05) is 26.7 Å². The number of unbranched alkanes of at least 4 members (excludes halogenated alkanes) is 3. The van der Waals surface area contributed by atoms with Crippen molar-refractivity contribution in [2.45, 2.75) is 58.4 Å². The zero-order valence-electron chi connectivity index (χ0n) is 12.6. The van der Waals surface area contributed by atoms with Crippen LogP contribution in [-0.4, -0.2) is 43.2 Å². The average Bonchev–Trinajstić information content (AvgIpc) is 2.38. The second-order valence-electron chi connectivity index (χ2n) is 5.90. The van der Waals surface area contributed by atoms with Gasteiger partial charge in [0, 0.05) is 13.0 Å². The Hall–Kier alpha value is -0.610. The van der Waals surface area contributed by atoms with Crippen molar-refractivity contribution in [2.24, 2.45) is 11.7 Å². The average molecular weight is 270 g/mol. The molecule has 0 aromatic heterocycles. The molecule has 1 heterocycles. The van der Waals surface area contributed by atoms with Gasteiger partial charge in [-0.15, -0.1) is 0 Å². The quantitative estimate of drug-likeness (QED) is 0.688. The Morgan fingerprint density at radius 1 is 1.32 bits per heavy atom. The Balaban J connectivity index is 2.30. The fourth-order valence-corrected chi connectivity index (χ4v) is 2.64. The van der Waals surface area contributed by atoms with E-state index < -0.39 is 0 Å². The predicted molar refractivity (Wildman–Crippen MR) is 77.9 cm³/mol. The van der Waals surface area contributed by atoms with Gasteiger partial charge in [-0.25, -0.2) is 0 Å². The van der Waals surface area contributed by atoms with Crippen LogP contribution >= 0.6 is 0 Å². The summed E-state index contributed by atoms with van der Waals surface area (Å²) in [7, 11) is 0. The molecular formula is C15H30N2O2. The van der Waals surface area contributed by atoms with E-state index in [1.165, 1.54) is 0 Å². The van der Waals surface area contributed by atoms with E-state index in [1.807, 2.05) is 4.90 Å². The molecule has 2 N–H and O–H groups in total. The molecule has 0 aromatic carbocycles.